The molecule has 1 aromatic carbocycles. The van der Waals surface area contributed by atoms with Gasteiger partial charge in [0.25, 0.3) is 0 Å². The van der Waals surface area contributed by atoms with Gasteiger partial charge in [-0.3, -0.25) is 0 Å². The van der Waals surface area contributed by atoms with Gasteiger partial charge in [-0.25, -0.2) is 10.2 Å². The number of hydrazone groups is 1. The molecule has 0 heterocycles. The number of rotatable bonds is 3. The Kier molecular flexibility index (Phi) is 4.60. The number of amides is 2. The van der Waals surface area contributed by atoms with Crippen molar-refractivity contribution in [3.05, 3.63) is 29.3 Å². The first-order valence-corrected chi connectivity index (χ1v) is 5.91. The molecule has 1 aromatic rings. The first-order chi connectivity index (χ1) is 8.34. The number of hydrogen-bond donors (Lipinski definition) is 2. The molecular weight excluding hydrogens is 267 g/mol. The van der Waals surface area contributed by atoms with Crippen LogP contribution >= 0.6 is 11.8 Å². The van der Waals surface area contributed by atoms with E-state index in [1.54, 1.807) is 6.26 Å². The second kappa shape index (κ2) is 5.76. The van der Waals surface area contributed by atoms with Gasteiger partial charge >= 0.3 is 12.2 Å². The van der Waals surface area contributed by atoms with Crippen molar-refractivity contribution in [2.24, 2.45) is 10.8 Å². The molecular formula is C10H10F3N3OS. The van der Waals surface area contributed by atoms with Crippen LogP contribution in [0.25, 0.3) is 0 Å². The molecule has 0 aliphatic heterocycles. The van der Waals surface area contributed by atoms with Crippen molar-refractivity contribution in [2.75, 3.05) is 6.26 Å². The van der Waals surface area contributed by atoms with Crippen LogP contribution < -0.4 is 11.2 Å². The van der Waals surface area contributed by atoms with E-state index in [1.165, 1.54) is 23.9 Å². The highest BCUT2D eigenvalue weighted by Gasteiger charge is 2.33. The molecule has 0 saturated carbocycles. The number of primary amides is 1. The number of hydrogen-bond acceptors (Lipinski definition) is 3. The molecule has 0 bridgehead atoms. The van der Waals surface area contributed by atoms with Gasteiger partial charge in [0.15, 0.2) is 0 Å². The number of thioether (sulfide) groups is 1. The largest absolute Gasteiger partial charge is 0.417 e. The summed E-state index contributed by atoms with van der Waals surface area (Å²) in [6.45, 7) is 0. The lowest BCUT2D eigenvalue weighted by Gasteiger charge is -2.11. The average Bonchev–Trinajstić information content (AvgIpc) is 2.27. The van der Waals surface area contributed by atoms with Crippen LogP contribution in [0.15, 0.2) is 28.2 Å². The van der Waals surface area contributed by atoms with Crippen molar-refractivity contribution >= 4 is 24.0 Å². The molecule has 0 spiro atoms. The molecule has 0 saturated heterocycles. The maximum atomic E-state index is 12.8. The zero-order valence-electron chi connectivity index (χ0n) is 9.28. The molecule has 98 valence electrons. The van der Waals surface area contributed by atoms with E-state index in [4.69, 9.17) is 5.73 Å². The molecule has 0 aliphatic rings. The Morgan fingerprint density at radius 2 is 2.17 bits per heavy atom. The highest BCUT2D eigenvalue weighted by Crippen LogP contribution is 2.33. The summed E-state index contributed by atoms with van der Waals surface area (Å²) >= 11 is 1.20. The summed E-state index contributed by atoms with van der Waals surface area (Å²) < 4.78 is 38.3. The number of carbonyl (C=O) groups is 1. The van der Waals surface area contributed by atoms with Crippen molar-refractivity contribution in [3.8, 4) is 0 Å². The Hall–Kier alpha value is -1.70. The quantitative estimate of drug-likeness (QED) is 0.506. The summed E-state index contributed by atoms with van der Waals surface area (Å²) in [5, 5.41) is 3.31. The van der Waals surface area contributed by atoms with Crippen LogP contribution in [0.2, 0.25) is 0 Å². The monoisotopic (exact) mass is 277 g/mol. The van der Waals surface area contributed by atoms with E-state index in [0.29, 0.717) is 4.90 Å². The smallest absolute Gasteiger partial charge is 0.350 e. The Labute approximate surface area is 105 Å². The third kappa shape index (κ3) is 3.95. The average molecular weight is 277 g/mol. The van der Waals surface area contributed by atoms with Gasteiger partial charge in [-0.2, -0.15) is 18.3 Å². The van der Waals surface area contributed by atoms with Crippen LogP contribution in [0.5, 0.6) is 0 Å². The summed E-state index contributed by atoms with van der Waals surface area (Å²) in [5.74, 6) is 0. The topological polar surface area (TPSA) is 67.5 Å². The van der Waals surface area contributed by atoms with Gasteiger partial charge in [0.05, 0.1) is 11.8 Å². The molecule has 0 radical (unpaired) electrons. The lowest BCUT2D eigenvalue weighted by molar-refractivity contribution is -0.137. The standard InChI is InChI=1S/C10H10F3N3OS/c1-18-7-3-2-6(5-15-16-9(14)17)8(4-7)10(11,12)13/h2-5H,1H3,(H3,14,16,17). The van der Waals surface area contributed by atoms with Crippen LogP contribution in [0, 0.1) is 0 Å². The Morgan fingerprint density at radius 3 is 2.67 bits per heavy atom. The van der Waals surface area contributed by atoms with Crippen LogP contribution in [-0.4, -0.2) is 18.5 Å². The summed E-state index contributed by atoms with van der Waals surface area (Å²) in [7, 11) is 0. The predicted octanol–water partition coefficient (Wildman–Crippen LogP) is 2.43. The maximum absolute atomic E-state index is 12.8. The molecule has 18 heavy (non-hydrogen) atoms. The van der Waals surface area contributed by atoms with Gasteiger partial charge in [-0.05, 0) is 18.4 Å². The van der Waals surface area contributed by atoms with Crippen molar-refractivity contribution in [1.29, 1.82) is 0 Å². The number of nitrogens with zero attached hydrogens (tertiary/aromatic N) is 1. The Bertz CT molecular complexity index is 474. The van der Waals surface area contributed by atoms with Gasteiger partial charge in [0, 0.05) is 10.5 Å². The number of nitrogens with one attached hydrogen (secondary N) is 1. The summed E-state index contributed by atoms with van der Waals surface area (Å²) in [4.78, 5) is 10.8. The van der Waals surface area contributed by atoms with Gasteiger partial charge in [-0.15, -0.1) is 11.8 Å². The molecule has 0 aromatic heterocycles. The van der Waals surface area contributed by atoms with Gasteiger partial charge in [0.2, 0.25) is 0 Å². The number of carbonyl (C=O) groups excluding carboxylic acids is 1. The predicted molar refractivity (Wildman–Crippen MR) is 63.5 cm³/mol. The van der Waals surface area contributed by atoms with E-state index < -0.39 is 17.8 Å². The van der Waals surface area contributed by atoms with E-state index in [1.807, 2.05) is 5.43 Å². The van der Waals surface area contributed by atoms with Crippen molar-refractivity contribution < 1.29 is 18.0 Å². The fourth-order valence-corrected chi connectivity index (χ4v) is 1.63. The molecule has 2 amide bonds. The minimum atomic E-state index is -4.49. The van der Waals surface area contributed by atoms with E-state index in [-0.39, 0.29) is 5.56 Å². The second-order valence-electron chi connectivity index (χ2n) is 3.19. The van der Waals surface area contributed by atoms with Crippen molar-refractivity contribution in [1.82, 2.24) is 5.43 Å². The molecule has 0 unspecified atom stereocenters. The highest BCUT2D eigenvalue weighted by molar-refractivity contribution is 7.98. The van der Waals surface area contributed by atoms with Crippen LogP contribution in [0.1, 0.15) is 11.1 Å². The number of alkyl halides is 3. The van der Waals surface area contributed by atoms with Gasteiger partial charge < -0.3 is 5.73 Å². The van der Waals surface area contributed by atoms with Crippen LogP contribution in [0.3, 0.4) is 0 Å². The number of nitrogens with two attached hydrogens (primary N) is 1. The minimum Gasteiger partial charge on any atom is -0.350 e. The van der Waals surface area contributed by atoms with Gasteiger partial charge in [0.1, 0.15) is 0 Å². The molecule has 8 heteroatoms. The highest BCUT2D eigenvalue weighted by atomic mass is 32.2. The SMILES string of the molecule is CSc1ccc(C=NNC(N)=O)c(C(F)(F)F)c1. The Morgan fingerprint density at radius 1 is 1.50 bits per heavy atom. The zero-order chi connectivity index (χ0) is 13.8. The maximum Gasteiger partial charge on any atom is 0.417 e. The molecule has 0 atom stereocenters. The van der Waals surface area contributed by atoms with E-state index in [0.717, 1.165) is 12.3 Å². The first-order valence-electron chi connectivity index (χ1n) is 4.68. The third-order valence-corrected chi connectivity index (χ3v) is 2.67. The minimum absolute atomic E-state index is 0.144. The number of halogens is 3. The van der Waals surface area contributed by atoms with Crippen LogP contribution in [-0.2, 0) is 6.18 Å². The first kappa shape index (κ1) is 14.4. The summed E-state index contributed by atoms with van der Waals surface area (Å²) in [5.41, 5.74) is 5.61. The van der Waals surface area contributed by atoms with Crippen molar-refractivity contribution in [2.45, 2.75) is 11.1 Å². The summed E-state index contributed by atoms with van der Waals surface area (Å²) in [6.07, 6.45) is -1.91. The van der Waals surface area contributed by atoms with Crippen LogP contribution in [0.4, 0.5) is 18.0 Å². The Balaban J connectivity index is 3.10. The van der Waals surface area contributed by atoms with E-state index in [9.17, 15) is 18.0 Å². The second-order valence-corrected chi connectivity index (χ2v) is 4.06. The molecule has 0 aliphatic carbocycles. The lowest BCUT2D eigenvalue weighted by Crippen LogP contribution is -2.24. The number of benzene rings is 1. The fourth-order valence-electron chi connectivity index (χ4n) is 1.19. The molecule has 0 fully saturated rings. The lowest BCUT2D eigenvalue weighted by atomic mass is 10.1. The third-order valence-electron chi connectivity index (χ3n) is 1.94. The van der Waals surface area contributed by atoms with E-state index in [2.05, 4.69) is 5.10 Å². The molecule has 4 nitrogen and oxygen atoms in total. The van der Waals surface area contributed by atoms with Crippen molar-refractivity contribution in [3.63, 3.8) is 0 Å². The van der Waals surface area contributed by atoms with E-state index >= 15 is 0 Å². The molecule has 1 rings (SSSR count). The number of urea groups is 1. The molecule has 3 N–H and O–H groups in total. The fraction of sp³-hybridized carbons (Fsp3) is 0.200. The van der Waals surface area contributed by atoms with Gasteiger partial charge in [-0.1, -0.05) is 6.07 Å². The normalized spacial score (nSPS) is 11.8. The summed E-state index contributed by atoms with van der Waals surface area (Å²) in [6, 6.07) is 2.89. The zero-order valence-corrected chi connectivity index (χ0v) is 10.1.